The summed E-state index contributed by atoms with van der Waals surface area (Å²) in [4.78, 5) is 11.1. The van der Waals surface area contributed by atoms with Crippen molar-refractivity contribution in [1.29, 1.82) is 0 Å². The van der Waals surface area contributed by atoms with Gasteiger partial charge in [0.1, 0.15) is 0 Å². The fraction of sp³-hybridized carbons (Fsp3) is 0.417. The highest BCUT2D eigenvalue weighted by Crippen LogP contribution is 2.24. The van der Waals surface area contributed by atoms with Gasteiger partial charge in [0.05, 0.1) is 4.83 Å². The fourth-order valence-electron chi connectivity index (χ4n) is 0.987. The van der Waals surface area contributed by atoms with Crippen LogP contribution in [-0.4, -0.2) is 5.78 Å². The van der Waals surface area contributed by atoms with Crippen LogP contribution in [-0.2, 0) is 4.79 Å². The second kappa shape index (κ2) is 7.74. The number of ketones is 1. The molecular formula is C12H17BrO. The smallest absolute Gasteiger partial charge is 0.150 e. The first-order valence-corrected chi connectivity index (χ1v) is 5.89. The Bertz CT molecular complexity index is 256. The van der Waals surface area contributed by atoms with Crippen LogP contribution in [0.4, 0.5) is 0 Å². The lowest BCUT2D eigenvalue weighted by atomic mass is 10.1. The van der Waals surface area contributed by atoms with E-state index in [0.29, 0.717) is 6.42 Å². The van der Waals surface area contributed by atoms with Crippen LogP contribution in [0, 0.1) is 0 Å². The van der Waals surface area contributed by atoms with Crippen LogP contribution in [0.2, 0.25) is 0 Å². The highest BCUT2D eigenvalue weighted by molar-refractivity contribution is 9.09. The minimum atomic E-state index is -0.135. The molecule has 1 nitrogen and oxygen atoms in total. The predicted octanol–water partition coefficient (Wildman–Crippen LogP) is 4.13. The van der Waals surface area contributed by atoms with Gasteiger partial charge in [0, 0.05) is 6.42 Å². The van der Waals surface area contributed by atoms with Gasteiger partial charge in [-0.1, -0.05) is 67.0 Å². The van der Waals surface area contributed by atoms with E-state index in [4.69, 9.17) is 0 Å². The van der Waals surface area contributed by atoms with E-state index >= 15 is 0 Å². The van der Waals surface area contributed by atoms with Crippen molar-refractivity contribution in [3.05, 3.63) is 35.9 Å². The third kappa shape index (κ3) is 4.05. The zero-order valence-electron chi connectivity index (χ0n) is 8.96. The molecule has 1 rings (SSSR count). The molecule has 0 heterocycles. The highest BCUT2D eigenvalue weighted by atomic mass is 79.9. The summed E-state index contributed by atoms with van der Waals surface area (Å²) in [6.07, 6.45) is 0.574. The van der Waals surface area contributed by atoms with Crippen LogP contribution < -0.4 is 0 Å². The Balaban J connectivity index is 0.000000791. The van der Waals surface area contributed by atoms with Gasteiger partial charge < -0.3 is 0 Å². The van der Waals surface area contributed by atoms with Crippen LogP contribution in [0.25, 0.3) is 0 Å². The molecule has 0 saturated heterocycles. The van der Waals surface area contributed by atoms with Gasteiger partial charge in [-0.25, -0.2) is 0 Å². The maximum absolute atomic E-state index is 11.3. The number of halogens is 1. The number of hydrogen-bond donors (Lipinski definition) is 0. The Morgan fingerprint density at radius 1 is 1.29 bits per heavy atom. The van der Waals surface area contributed by atoms with Crippen molar-refractivity contribution in [2.75, 3.05) is 0 Å². The molecule has 78 valence electrons. The summed E-state index contributed by atoms with van der Waals surface area (Å²) in [5.41, 5.74) is 1.03. The summed E-state index contributed by atoms with van der Waals surface area (Å²) in [5.74, 6) is 0.223. The Labute approximate surface area is 94.7 Å². The molecule has 1 unspecified atom stereocenters. The molecule has 2 heteroatoms. The van der Waals surface area contributed by atoms with Crippen LogP contribution in [0.5, 0.6) is 0 Å². The number of benzene rings is 1. The van der Waals surface area contributed by atoms with E-state index in [-0.39, 0.29) is 10.6 Å². The van der Waals surface area contributed by atoms with Gasteiger partial charge >= 0.3 is 0 Å². The Morgan fingerprint density at radius 3 is 2.21 bits per heavy atom. The molecular weight excluding hydrogens is 240 g/mol. The fourth-order valence-corrected chi connectivity index (χ4v) is 1.62. The van der Waals surface area contributed by atoms with Crippen molar-refractivity contribution in [3.63, 3.8) is 0 Å². The van der Waals surface area contributed by atoms with E-state index in [1.165, 1.54) is 0 Å². The SMILES string of the molecule is CC.CCC(=O)C(Br)c1ccccc1. The summed E-state index contributed by atoms with van der Waals surface area (Å²) >= 11 is 3.36. The van der Waals surface area contributed by atoms with E-state index in [0.717, 1.165) is 5.56 Å². The molecule has 0 aliphatic carbocycles. The number of Topliss-reactive ketones (excluding diaryl/α,β-unsaturated/α-hetero) is 1. The number of alkyl halides is 1. The summed E-state index contributed by atoms with van der Waals surface area (Å²) < 4.78 is 0. The van der Waals surface area contributed by atoms with E-state index < -0.39 is 0 Å². The normalized spacial score (nSPS) is 11.1. The number of hydrogen-bond acceptors (Lipinski definition) is 1. The maximum Gasteiger partial charge on any atom is 0.150 e. The van der Waals surface area contributed by atoms with Crippen molar-refractivity contribution >= 4 is 21.7 Å². The van der Waals surface area contributed by atoms with Crippen molar-refractivity contribution in [2.24, 2.45) is 0 Å². The summed E-state index contributed by atoms with van der Waals surface area (Å²) in [7, 11) is 0. The zero-order valence-corrected chi connectivity index (χ0v) is 10.5. The summed E-state index contributed by atoms with van der Waals surface area (Å²) in [5, 5.41) is 0. The van der Waals surface area contributed by atoms with Crippen LogP contribution in [0.3, 0.4) is 0 Å². The van der Waals surface area contributed by atoms with E-state index in [1.807, 2.05) is 51.1 Å². The Kier molecular flexibility index (Phi) is 7.40. The molecule has 0 aromatic heterocycles. The third-order valence-electron chi connectivity index (χ3n) is 1.72. The van der Waals surface area contributed by atoms with Crippen molar-refractivity contribution in [3.8, 4) is 0 Å². The van der Waals surface area contributed by atoms with Gasteiger partial charge in [0.25, 0.3) is 0 Å². The van der Waals surface area contributed by atoms with Gasteiger partial charge in [-0.2, -0.15) is 0 Å². The second-order valence-corrected chi connectivity index (χ2v) is 3.51. The van der Waals surface area contributed by atoms with E-state index in [9.17, 15) is 4.79 Å². The van der Waals surface area contributed by atoms with Gasteiger partial charge in [-0.05, 0) is 5.56 Å². The lowest BCUT2D eigenvalue weighted by Gasteiger charge is -2.06. The van der Waals surface area contributed by atoms with Crippen molar-refractivity contribution < 1.29 is 4.79 Å². The second-order valence-electron chi connectivity index (χ2n) is 2.59. The Hall–Kier alpha value is -0.630. The minimum absolute atomic E-state index is 0.135. The van der Waals surface area contributed by atoms with Crippen LogP contribution in [0.15, 0.2) is 30.3 Å². The average Bonchev–Trinajstić information content (AvgIpc) is 2.31. The molecule has 1 aromatic rings. The summed E-state index contributed by atoms with van der Waals surface area (Å²) in [6, 6.07) is 9.72. The largest absolute Gasteiger partial charge is 0.298 e. The molecule has 0 N–H and O–H groups in total. The van der Waals surface area contributed by atoms with E-state index in [2.05, 4.69) is 15.9 Å². The molecule has 0 fully saturated rings. The lowest BCUT2D eigenvalue weighted by molar-refractivity contribution is -0.118. The first kappa shape index (κ1) is 13.4. The molecule has 0 bridgehead atoms. The molecule has 0 spiro atoms. The maximum atomic E-state index is 11.3. The minimum Gasteiger partial charge on any atom is -0.298 e. The first-order chi connectivity index (χ1) is 6.75. The number of rotatable bonds is 3. The van der Waals surface area contributed by atoms with E-state index in [1.54, 1.807) is 0 Å². The third-order valence-corrected chi connectivity index (χ3v) is 2.76. The molecule has 1 aromatic carbocycles. The first-order valence-electron chi connectivity index (χ1n) is 4.97. The zero-order chi connectivity index (χ0) is 11.0. The Morgan fingerprint density at radius 2 is 1.79 bits per heavy atom. The highest BCUT2D eigenvalue weighted by Gasteiger charge is 2.13. The number of carbonyl (C=O) groups excluding carboxylic acids is 1. The molecule has 0 aliphatic heterocycles. The van der Waals surface area contributed by atoms with Gasteiger partial charge in [0.15, 0.2) is 5.78 Å². The standard InChI is InChI=1S/C10H11BrO.C2H6/c1-2-9(12)10(11)8-6-4-3-5-7-8;1-2/h3-7,10H,2H2,1H3;1-2H3. The molecule has 0 saturated carbocycles. The molecule has 0 aliphatic rings. The van der Waals surface area contributed by atoms with Crippen LogP contribution in [0.1, 0.15) is 37.6 Å². The van der Waals surface area contributed by atoms with Crippen LogP contribution >= 0.6 is 15.9 Å². The molecule has 14 heavy (non-hydrogen) atoms. The quantitative estimate of drug-likeness (QED) is 0.744. The predicted molar refractivity (Wildman–Crippen MR) is 64.8 cm³/mol. The molecule has 0 amide bonds. The lowest BCUT2D eigenvalue weighted by Crippen LogP contribution is -2.03. The van der Waals surface area contributed by atoms with Gasteiger partial charge in [0.2, 0.25) is 0 Å². The van der Waals surface area contributed by atoms with Crippen molar-refractivity contribution in [2.45, 2.75) is 32.0 Å². The monoisotopic (exact) mass is 256 g/mol. The van der Waals surface area contributed by atoms with Crippen molar-refractivity contribution in [1.82, 2.24) is 0 Å². The topological polar surface area (TPSA) is 17.1 Å². The van der Waals surface area contributed by atoms with Gasteiger partial charge in [-0.15, -0.1) is 0 Å². The van der Waals surface area contributed by atoms with Gasteiger partial charge in [-0.3, -0.25) is 4.79 Å². The molecule has 1 atom stereocenters. The summed E-state index contributed by atoms with van der Waals surface area (Å²) in [6.45, 7) is 5.87. The average molecular weight is 257 g/mol. The molecule has 0 radical (unpaired) electrons. The number of carbonyl (C=O) groups is 1.